The lowest BCUT2D eigenvalue weighted by molar-refractivity contribution is 0.0996. The molecular weight excluding hydrogens is 236 g/mol. The van der Waals surface area contributed by atoms with Gasteiger partial charge in [0.25, 0.3) is 11.5 Å². The summed E-state index contributed by atoms with van der Waals surface area (Å²) in [5.74, 6) is -0.296. The van der Waals surface area contributed by atoms with E-state index in [9.17, 15) is 14.4 Å². The molecule has 2 aromatic rings. The first-order valence-corrected chi connectivity index (χ1v) is 5.23. The smallest absolute Gasteiger partial charge is 0.312 e. The van der Waals surface area contributed by atoms with Crippen LogP contribution in [0.3, 0.4) is 0 Å². The van der Waals surface area contributed by atoms with Gasteiger partial charge in [-0.05, 0) is 11.6 Å². The Labute approximate surface area is 100 Å². The topological polar surface area (TPSA) is 98.9 Å². The minimum atomic E-state index is -0.602. The van der Waals surface area contributed by atoms with Gasteiger partial charge in [0.1, 0.15) is 5.69 Å². The van der Waals surface area contributed by atoms with Crippen LogP contribution in [0.25, 0.3) is 0 Å². The van der Waals surface area contributed by atoms with E-state index in [4.69, 9.17) is 0 Å². The number of rotatable bonds is 1. The molecule has 3 heterocycles. The third kappa shape index (κ3) is 1.45. The Bertz CT molecular complexity index is 746. The van der Waals surface area contributed by atoms with Crippen molar-refractivity contribution in [2.75, 3.05) is 4.90 Å². The van der Waals surface area contributed by atoms with Crippen molar-refractivity contribution < 1.29 is 4.79 Å². The standard InChI is InChI=1S/C11H8N4O3/c16-9-8(4-13-11(18)14-9)15-5-6-1-2-12-3-7(6)10(15)17/h1-4H,5H2,(H2,13,14,16,18). The van der Waals surface area contributed by atoms with E-state index < -0.39 is 11.2 Å². The SMILES string of the molecule is O=C1c2cnccc2CN1c1c[nH]c(=O)[nH]c1=O. The second kappa shape index (κ2) is 3.66. The van der Waals surface area contributed by atoms with Crippen LogP contribution in [0.4, 0.5) is 5.69 Å². The van der Waals surface area contributed by atoms with E-state index in [0.717, 1.165) is 5.56 Å². The molecule has 2 aromatic heterocycles. The fraction of sp³-hybridized carbons (Fsp3) is 0.0909. The Morgan fingerprint density at radius 3 is 2.83 bits per heavy atom. The van der Waals surface area contributed by atoms with Crippen LogP contribution < -0.4 is 16.1 Å². The van der Waals surface area contributed by atoms with Gasteiger partial charge < -0.3 is 4.98 Å². The van der Waals surface area contributed by atoms with Crippen molar-refractivity contribution in [3.63, 3.8) is 0 Å². The first-order valence-electron chi connectivity index (χ1n) is 5.23. The molecule has 18 heavy (non-hydrogen) atoms. The van der Waals surface area contributed by atoms with Gasteiger partial charge in [-0.2, -0.15) is 0 Å². The molecule has 3 rings (SSSR count). The number of fused-ring (bicyclic) bond motifs is 1. The molecule has 0 saturated carbocycles. The van der Waals surface area contributed by atoms with Crippen LogP contribution in [0.1, 0.15) is 15.9 Å². The second-order valence-electron chi connectivity index (χ2n) is 3.88. The molecule has 0 bridgehead atoms. The van der Waals surface area contributed by atoms with Crippen molar-refractivity contribution in [1.29, 1.82) is 0 Å². The summed E-state index contributed by atoms with van der Waals surface area (Å²) in [6.07, 6.45) is 4.29. The minimum Gasteiger partial charge on any atom is -0.312 e. The number of nitrogens with zero attached hydrogens (tertiary/aromatic N) is 2. The van der Waals surface area contributed by atoms with E-state index in [1.165, 1.54) is 17.3 Å². The highest BCUT2D eigenvalue weighted by Crippen LogP contribution is 2.24. The lowest BCUT2D eigenvalue weighted by Crippen LogP contribution is -2.32. The molecule has 0 aromatic carbocycles. The molecule has 7 nitrogen and oxygen atoms in total. The zero-order valence-corrected chi connectivity index (χ0v) is 9.14. The number of hydrogen-bond donors (Lipinski definition) is 2. The predicted octanol–water partition coefficient (Wildman–Crippen LogP) is -0.381. The lowest BCUT2D eigenvalue weighted by Gasteiger charge is -2.13. The molecule has 1 aliphatic heterocycles. The zero-order valence-electron chi connectivity index (χ0n) is 9.14. The first kappa shape index (κ1) is 10.5. The summed E-state index contributed by atoms with van der Waals surface area (Å²) < 4.78 is 0. The van der Waals surface area contributed by atoms with E-state index in [2.05, 4.69) is 15.0 Å². The van der Waals surface area contributed by atoms with Crippen molar-refractivity contribution in [2.24, 2.45) is 0 Å². The Morgan fingerprint density at radius 2 is 2.11 bits per heavy atom. The molecule has 7 heteroatoms. The third-order valence-electron chi connectivity index (χ3n) is 2.81. The molecule has 1 aliphatic rings. The monoisotopic (exact) mass is 244 g/mol. The van der Waals surface area contributed by atoms with Crippen molar-refractivity contribution in [3.8, 4) is 0 Å². The van der Waals surface area contributed by atoms with E-state index in [0.29, 0.717) is 12.1 Å². The molecule has 0 radical (unpaired) electrons. The van der Waals surface area contributed by atoms with Gasteiger partial charge in [0, 0.05) is 18.6 Å². The second-order valence-corrected chi connectivity index (χ2v) is 3.88. The summed E-state index contributed by atoms with van der Waals surface area (Å²) in [6.45, 7) is 0.297. The number of anilines is 1. The molecule has 0 saturated heterocycles. The summed E-state index contributed by atoms with van der Waals surface area (Å²) in [7, 11) is 0. The number of aromatic nitrogens is 3. The molecule has 0 fully saturated rings. The highest BCUT2D eigenvalue weighted by Gasteiger charge is 2.30. The van der Waals surface area contributed by atoms with Crippen molar-refractivity contribution in [1.82, 2.24) is 15.0 Å². The molecule has 0 spiro atoms. The quantitative estimate of drug-likeness (QED) is 0.714. The number of nitrogens with one attached hydrogen (secondary N) is 2. The summed E-state index contributed by atoms with van der Waals surface area (Å²) in [5.41, 5.74) is 0.210. The van der Waals surface area contributed by atoms with Gasteiger partial charge in [0.15, 0.2) is 0 Å². The number of carbonyl (C=O) groups excluding carboxylic acids is 1. The largest absolute Gasteiger partial charge is 0.325 e. The number of hydrogen-bond acceptors (Lipinski definition) is 4. The Kier molecular flexibility index (Phi) is 2.12. The third-order valence-corrected chi connectivity index (χ3v) is 2.81. The van der Waals surface area contributed by atoms with Gasteiger partial charge in [-0.25, -0.2) is 4.79 Å². The van der Waals surface area contributed by atoms with Crippen LogP contribution in [0, 0.1) is 0 Å². The molecule has 2 N–H and O–H groups in total. The molecule has 0 unspecified atom stereocenters. The van der Waals surface area contributed by atoms with Gasteiger partial charge in [0.2, 0.25) is 0 Å². The zero-order chi connectivity index (χ0) is 12.7. The maximum absolute atomic E-state index is 12.1. The molecule has 0 aliphatic carbocycles. The summed E-state index contributed by atoms with van der Waals surface area (Å²) >= 11 is 0. The fourth-order valence-corrected chi connectivity index (χ4v) is 1.94. The fourth-order valence-electron chi connectivity index (χ4n) is 1.94. The van der Waals surface area contributed by atoms with Crippen LogP contribution in [-0.4, -0.2) is 20.9 Å². The van der Waals surface area contributed by atoms with Crippen LogP contribution in [0.15, 0.2) is 34.2 Å². The van der Waals surface area contributed by atoms with Crippen molar-refractivity contribution >= 4 is 11.6 Å². The lowest BCUT2D eigenvalue weighted by atomic mass is 10.2. The molecular formula is C11H8N4O3. The maximum Gasteiger partial charge on any atom is 0.325 e. The van der Waals surface area contributed by atoms with Gasteiger partial charge in [-0.15, -0.1) is 0 Å². The number of pyridine rings is 1. The average Bonchev–Trinajstić information content (AvgIpc) is 2.68. The molecule has 1 amide bonds. The maximum atomic E-state index is 12.1. The first-order chi connectivity index (χ1) is 8.66. The highest BCUT2D eigenvalue weighted by atomic mass is 16.2. The van der Waals surface area contributed by atoms with Crippen LogP contribution in [0.2, 0.25) is 0 Å². The van der Waals surface area contributed by atoms with Crippen LogP contribution in [0.5, 0.6) is 0 Å². The summed E-state index contributed by atoms with van der Waals surface area (Å²) in [5, 5.41) is 0. The van der Waals surface area contributed by atoms with Gasteiger partial charge in [-0.3, -0.25) is 24.5 Å². The summed E-state index contributed by atoms with van der Waals surface area (Å²) in [4.78, 5) is 44.3. The number of aromatic amines is 2. The Balaban J connectivity index is 2.09. The van der Waals surface area contributed by atoms with E-state index >= 15 is 0 Å². The van der Waals surface area contributed by atoms with Gasteiger partial charge in [-0.1, -0.05) is 0 Å². The van der Waals surface area contributed by atoms with E-state index in [1.54, 1.807) is 12.3 Å². The van der Waals surface area contributed by atoms with E-state index in [1.807, 2.05) is 0 Å². The minimum absolute atomic E-state index is 0.121. The number of carbonyl (C=O) groups is 1. The Morgan fingerprint density at radius 1 is 1.28 bits per heavy atom. The molecule has 0 atom stereocenters. The highest BCUT2D eigenvalue weighted by molar-refractivity contribution is 6.09. The van der Waals surface area contributed by atoms with Gasteiger partial charge >= 0.3 is 5.69 Å². The average molecular weight is 244 g/mol. The summed E-state index contributed by atoms with van der Waals surface area (Å²) in [6, 6.07) is 1.73. The number of H-pyrrole nitrogens is 2. The number of amides is 1. The molecule has 90 valence electrons. The normalized spacial score (nSPS) is 13.8. The van der Waals surface area contributed by atoms with Crippen LogP contribution >= 0.6 is 0 Å². The Hall–Kier alpha value is -2.70. The van der Waals surface area contributed by atoms with Crippen LogP contribution in [-0.2, 0) is 6.54 Å². The van der Waals surface area contributed by atoms with Gasteiger partial charge in [0.05, 0.1) is 12.1 Å². The van der Waals surface area contributed by atoms with Crippen molar-refractivity contribution in [3.05, 3.63) is 56.6 Å². The van der Waals surface area contributed by atoms with Crippen molar-refractivity contribution in [2.45, 2.75) is 6.54 Å². The predicted molar refractivity (Wildman–Crippen MR) is 62.4 cm³/mol. The van der Waals surface area contributed by atoms with E-state index in [-0.39, 0.29) is 11.6 Å².